The van der Waals surface area contributed by atoms with Crippen molar-refractivity contribution in [3.63, 3.8) is 0 Å². The maximum Gasteiger partial charge on any atom is 0.379 e. The van der Waals surface area contributed by atoms with Crippen LogP contribution in [0.25, 0.3) is 0 Å². The van der Waals surface area contributed by atoms with Gasteiger partial charge in [0.15, 0.2) is 0 Å². The lowest BCUT2D eigenvalue weighted by Gasteiger charge is -2.31. The smallest absolute Gasteiger partial charge is 0.0947 e. The third-order valence-electron chi connectivity index (χ3n) is 0. The standard InChI is InChI=1S/ClF5S.F4S/c1-7(2,3,4,5)6;1-5(2,3)4. The minimum atomic E-state index is -9.50. The van der Waals surface area contributed by atoms with E-state index in [0.717, 1.165) is 0 Å². The molecule has 0 spiro atoms. The molecule has 0 amide bonds. The molecule has 0 bridgehead atoms. The van der Waals surface area contributed by atoms with Gasteiger partial charge in [-0.2, -0.15) is 0 Å². The Hall–Kier alpha value is 0.360. The van der Waals surface area contributed by atoms with E-state index >= 15 is 0 Å². The summed E-state index contributed by atoms with van der Waals surface area (Å²) >= 11 is -6.17. The van der Waals surface area contributed by atoms with E-state index in [1.54, 1.807) is 0 Å². The van der Waals surface area contributed by atoms with Crippen molar-refractivity contribution < 1.29 is 35.0 Å². The Bertz CT molecular complexity index is 123. The molecule has 0 saturated heterocycles. The quantitative estimate of drug-likeness (QED) is 0.490. The van der Waals surface area contributed by atoms with Crippen LogP contribution in [0.5, 0.6) is 0 Å². The summed E-state index contributed by atoms with van der Waals surface area (Å²) in [6.45, 7) is 0. The SMILES string of the molecule is FS(F)(F)(F)(F)Cl.FS(F)(F)F. The van der Waals surface area contributed by atoms with Gasteiger partial charge in [0.1, 0.15) is 0 Å². The minimum Gasteiger partial charge on any atom is -0.0947 e. The molecule has 0 aliphatic heterocycles. The van der Waals surface area contributed by atoms with Gasteiger partial charge in [0.05, 0.1) is 10.7 Å². The molecular weight excluding hydrogens is 271 g/mol. The lowest BCUT2D eigenvalue weighted by atomic mass is 18.6. The van der Waals surface area contributed by atoms with E-state index < -0.39 is 21.0 Å². The third kappa shape index (κ3) is 7000. The lowest BCUT2D eigenvalue weighted by molar-refractivity contribution is 0.399. The molecule has 0 N–H and O–H groups in total. The van der Waals surface area contributed by atoms with Crippen molar-refractivity contribution in [1.29, 1.82) is 0 Å². The number of hydrogen-bond donors (Lipinski definition) is 0. The molecule has 0 aromatic carbocycles. The summed E-state index contributed by atoms with van der Waals surface area (Å²) in [6.07, 6.45) is 0. The highest BCUT2D eigenvalue weighted by atomic mass is 35.7. The van der Waals surface area contributed by atoms with Gasteiger partial charge in [-0.05, 0) is 0 Å². The van der Waals surface area contributed by atoms with E-state index in [0.29, 0.717) is 0 Å². The maximum absolute atomic E-state index is 10.3. The molecule has 0 atom stereocenters. The second kappa shape index (κ2) is 2.67. The second-order valence-corrected chi connectivity index (χ2v) is 5.42. The number of rotatable bonds is 0. The van der Waals surface area contributed by atoms with Gasteiger partial charge >= 0.3 is 21.0 Å². The Balaban J connectivity index is 0. The predicted molar refractivity (Wildman–Crippen MR) is 31.0 cm³/mol. The monoisotopic (exact) mass is 270 g/mol. The molecule has 0 fully saturated rings. The fraction of sp³-hybridized carbons (Fsp3) is 0. The van der Waals surface area contributed by atoms with Crippen LogP contribution in [0.2, 0.25) is 0 Å². The lowest BCUT2D eigenvalue weighted by Crippen LogP contribution is -1.89. The summed E-state index contributed by atoms with van der Waals surface area (Å²) in [6, 6.07) is 0. The van der Waals surface area contributed by atoms with Crippen molar-refractivity contribution in [3.05, 3.63) is 0 Å². The Morgan fingerprint density at radius 2 is 0.750 bits per heavy atom. The summed E-state index contributed by atoms with van der Waals surface area (Å²) in [5, 5.41) is 0. The molecular formula is ClF9S2. The van der Waals surface area contributed by atoms with Crippen molar-refractivity contribution in [3.8, 4) is 0 Å². The third-order valence-corrected chi connectivity index (χ3v) is 0. The van der Waals surface area contributed by atoms with Gasteiger partial charge in [0, 0.05) is 0 Å². The minimum absolute atomic E-state index is 2.83. The van der Waals surface area contributed by atoms with E-state index in [1.165, 1.54) is 0 Å². The summed E-state index contributed by atoms with van der Waals surface area (Å²) in [4.78, 5) is 0. The van der Waals surface area contributed by atoms with Crippen LogP contribution in [0.1, 0.15) is 0 Å². The molecule has 0 nitrogen and oxygen atoms in total. The molecule has 0 aliphatic rings. The molecule has 0 heterocycles. The molecule has 82 valence electrons. The van der Waals surface area contributed by atoms with Crippen LogP contribution in [0.3, 0.4) is 0 Å². The zero-order valence-corrected chi connectivity index (χ0v) is 6.99. The Kier molecular flexibility index (Phi) is 3.31. The largest absolute Gasteiger partial charge is 0.379 e. The van der Waals surface area contributed by atoms with Crippen LogP contribution in [-0.4, -0.2) is 0 Å². The van der Waals surface area contributed by atoms with Crippen LogP contribution in [0.15, 0.2) is 0 Å². The maximum atomic E-state index is 10.3. The van der Waals surface area contributed by atoms with E-state index in [-0.39, 0.29) is 0 Å². The van der Waals surface area contributed by atoms with Gasteiger partial charge in [-0.15, -0.1) is 0 Å². The first kappa shape index (κ1) is 14.9. The van der Waals surface area contributed by atoms with E-state index in [2.05, 4.69) is 10.7 Å². The van der Waals surface area contributed by atoms with Crippen LogP contribution in [0.4, 0.5) is 35.0 Å². The normalized spacial score (nSPS) is 19.8. The van der Waals surface area contributed by atoms with Crippen LogP contribution < -0.4 is 0 Å². The van der Waals surface area contributed by atoms with Gasteiger partial charge in [0.25, 0.3) is 0 Å². The first-order valence-electron chi connectivity index (χ1n) is 1.54. The molecule has 12 heavy (non-hydrogen) atoms. The molecule has 0 rings (SSSR count). The highest BCUT2D eigenvalue weighted by Gasteiger charge is 2.61. The van der Waals surface area contributed by atoms with E-state index in [9.17, 15) is 35.0 Å². The Morgan fingerprint density at radius 3 is 0.750 bits per heavy atom. The van der Waals surface area contributed by atoms with E-state index in [4.69, 9.17) is 0 Å². The van der Waals surface area contributed by atoms with Crippen molar-refractivity contribution in [1.82, 2.24) is 0 Å². The Morgan fingerprint density at radius 1 is 0.750 bits per heavy atom. The topological polar surface area (TPSA) is 0 Å². The van der Waals surface area contributed by atoms with Crippen LogP contribution in [0, 0.1) is 0 Å². The van der Waals surface area contributed by atoms with Crippen LogP contribution in [-0.2, 0) is 0 Å². The van der Waals surface area contributed by atoms with Crippen molar-refractivity contribution in [2.24, 2.45) is 0 Å². The fourth-order valence-corrected chi connectivity index (χ4v) is 0. The fourth-order valence-electron chi connectivity index (χ4n) is 0. The summed E-state index contributed by atoms with van der Waals surface area (Å²) in [5.74, 6) is 0. The molecule has 0 radical (unpaired) electrons. The average Bonchev–Trinajstić information content (AvgIpc) is 1.04. The second-order valence-electron chi connectivity index (χ2n) is 1.22. The average molecular weight is 271 g/mol. The molecule has 0 aromatic rings. The van der Waals surface area contributed by atoms with Gasteiger partial charge in [-0.1, -0.05) is 35.0 Å². The predicted octanol–water partition coefficient (Wildman–Crippen LogP) is 5.77. The molecule has 0 aromatic heterocycles. The molecule has 0 saturated carbocycles. The summed E-state index contributed by atoms with van der Waals surface area (Å²) in [7, 11) is -6.67. The zero-order chi connectivity index (χ0) is 10.9. The zero-order valence-electron chi connectivity index (χ0n) is 4.60. The highest BCUT2D eigenvalue weighted by molar-refractivity contribution is 8.62. The number of hydrogen-bond acceptors (Lipinski definition) is 0. The molecule has 0 aliphatic carbocycles. The highest BCUT2D eigenvalue weighted by Crippen LogP contribution is 3.01. The van der Waals surface area contributed by atoms with Crippen molar-refractivity contribution in [2.75, 3.05) is 0 Å². The summed E-state index contributed by atoms with van der Waals surface area (Å²) in [5.41, 5.74) is 0. The van der Waals surface area contributed by atoms with Gasteiger partial charge < -0.3 is 0 Å². The molecule has 12 heteroatoms. The first-order chi connectivity index (χ1) is 4.45. The van der Waals surface area contributed by atoms with Gasteiger partial charge in [-0.3, -0.25) is 0 Å². The molecule has 0 unspecified atom stereocenters. The van der Waals surface area contributed by atoms with Gasteiger partial charge in [0.2, 0.25) is 0 Å². The van der Waals surface area contributed by atoms with Crippen molar-refractivity contribution in [2.45, 2.75) is 0 Å². The summed E-state index contributed by atoms with van der Waals surface area (Å²) < 4.78 is 90.5. The Labute approximate surface area is 67.4 Å². The van der Waals surface area contributed by atoms with Crippen molar-refractivity contribution >= 4 is 31.7 Å². The van der Waals surface area contributed by atoms with Crippen LogP contribution >= 0.6 is 31.7 Å². The van der Waals surface area contributed by atoms with E-state index in [1.807, 2.05) is 0 Å². The van der Waals surface area contributed by atoms with Gasteiger partial charge in [-0.25, -0.2) is 0 Å². The number of halogens is 10. The first-order valence-corrected chi connectivity index (χ1v) is 5.55.